The molecule has 0 N–H and O–H groups in total. The molecule has 4 heterocycles. The lowest BCUT2D eigenvalue weighted by atomic mass is 9.80. The third-order valence-corrected chi connectivity index (χ3v) is 6.38. The summed E-state index contributed by atoms with van der Waals surface area (Å²) in [7, 11) is 0. The fourth-order valence-electron chi connectivity index (χ4n) is 4.77. The minimum absolute atomic E-state index is 0.0949. The van der Waals surface area contributed by atoms with Crippen molar-refractivity contribution in [1.29, 1.82) is 0 Å². The molecule has 1 unspecified atom stereocenters. The smallest absolute Gasteiger partial charge is 0.225 e. The number of aromatic nitrogens is 2. The lowest BCUT2D eigenvalue weighted by Crippen LogP contribution is -2.42. The Balaban J connectivity index is 1.42. The SMILES string of the molecule is Cc1nc(N2CCOCC2)nc2c1COCC21CCN(Cc2ccc(F)cc2)C1. The molecule has 0 saturated carbocycles. The van der Waals surface area contributed by atoms with Crippen LogP contribution in [0.4, 0.5) is 10.3 Å². The number of hydrogen-bond donors (Lipinski definition) is 0. The van der Waals surface area contributed by atoms with Crippen molar-refractivity contribution in [3.8, 4) is 0 Å². The largest absolute Gasteiger partial charge is 0.378 e. The first-order chi connectivity index (χ1) is 14.1. The van der Waals surface area contributed by atoms with Crippen LogP contribution in [-0.4, -0.2) is 60.9 Å². The van der Waals surface area contributed by atoms with Gasteiger partial charge in [0.1, 0.15) is 5.82 Å². The van der Waals surface area contributed by atoms with Crippen molar-refractivity contribution in [1.82, 2.24) is 14.9 Å². The maximum absolute atomic E-state index is 13.2. The summed E-state index contributed by atoms with van der Waals surface area (Å²) in [6.07, 6.45) is 1.01. The van der Waals surface area contributed by atoms with E-state index in [1.165, 1.54) is 17.8 Å². The molecule has 0 bridgehead atoms. The molecule has 7 heteroatoms. The van der Waals surface area contributed by atoms with Gasteiger partial charge in [0.25, 0.3) is 0 Å². The van der Waals surface area contributed by atoms with E-state index in [0.29, 0.717) is 13.2 Å². The van der Waals surface area contributed by atoms with Crippen LogP contribution < -0.4 is 4.90 Å². The monoisotopic (exact) mass is 398 g/mol. The number of morpholine rings is 1. The first-order valence-electron chi connectivity index (χ1n) is 10.4. The standard InChI is InChI=1S/C22H27FN4O2/c1-16-19-13-29-15-22(20(19)25-21(24-16)27-8-10-28-11-9-27)6-7-26(14-22)12-17-2-4-18(23)5-3-17/h2-5H,6-15H2,1H3. The number of nitrogens with zero attached hydrogens (tertiary/aromatic N) is 4. The van der Waals surface area contributed by atoms with Crippen LogP contribution in [0.25, 0.3) is 0 Å². The highest BCUT2D eigenvalue weighted by Gasteiger charge is 2.45. The lowest BCUT2D eigenvalue weighted by molar-refractivity contribution is 0.0497. The second-order valence-corrected chi connectivity index (χ2v) is 8.40. The van der Waals surface area contributed by atoms with Crippen molar-refractivity contribution in [2.75, 3.05) is 50.9 Å². The Labute approximate surface area is 170 Å². The van der Waals surface area contributed by atoms with Crippen molar-refractivity contribution in [3.63, 3.8) is 0 Å². The van der Waals surface area contributed by atoms with Crippen LogP contribution in [0, 0.1) is 12.7 Å². The zero-order chi connectivity index (χ0) is 19.8. The average molecular weight is 398 g/mol. The van der Waals surface area contributed by atoms with Gasteiger partial charge in [-0.2, -0.15) is 0 Å². The molecular weight excluding hydrogens is 371 g/mol. The van der Waals surface area contributed by atoms with Crippen LogP contribution in [0.15, 0.2) is 24.3 Å². The molecule has 1 aromatic carbocycles. The van der Waals surface area contributed by atoms with E-state index in [1.54, 1.807) is 0 Å². The molecule has 2 aromatic rings. The number of likely N-dealkylation sites (tertiary alicyclic amines) is 1. The summed E-state index contributed by atoms with van der Waals surface area (Å²) < 4.78 is 24.7. The Morgan fingerprint density at radius 1 is 1.07 bits per heavy atom. The summed E-state index contributed by atoms with van der Waals surface area (Å²) in [4.78, 5) is 14.5. The van der Waals surface area contributed by atoms with Crippen LogP contribution in [0.1, 0.15) is 28.9 Å². The van der Waals surface area contributed by atoms with E-state index < -0.39 is 0 Å². The average Bonchev–Trinajstić information content (AvgIpc) is 3.14. The van der Waals surface area contributed by atoms with Crippen LogP contribution >= 0.6 is 0 Å². The minimum atomic E-state index is -0.191. The van der Waals surface area contributed by atoms with E-state index in [0.717, 1.165) is 75.1 Å². The maximum Gasteiger partial charge on any atom is 0.225 e. The second-order valence-electron chi connectivity index (χ2n) is 8.40. The van der Waals surface area contributed by atoms with Crippen molar-refractivity contribution in [3.05, 3.63) is 52.6 Å². The first kappa shape index (κ1) is 18.9. The topological polar surface area (TPSA) is 50.7 Å². The predicted octanol–water partition coefficient (Wildman–Crippen LogP) is 2.43. The van der Waals surface area contributed by atoms with Gasteiger partial charge in [0.15, 0.2) is 0 Å². The maximum atomic E-state index is 13.2. The molecule has 1 atom stereocenters. The van der Waals surface area contributed by atoms with Gasteiger partial charge in [0.05, 0.1) is 37.5 Å². The fraction of sp³-hybridized carbons (Fsp3) is 0.545. The van der Waals surface area contributed by atoms with Crippen LogP contribution in [-0.2, 0) is 28.0 Å². The van der Waals surface area contributed by atoms with Crippen molar-refractivity contribution in [2.45, 2.75) is 31.9 Å². The molecule has 29 heavy (non-hydrogen) atoms. The molecule has 0 amide bonds. The molecule has 0 aliphatic carbocycles. The summed E-state index contributed by atoms with van der Waals surface area (Å²) in [5.74, 6) is 0.631. The van der Waals surface area contributed by atoms with E-state index in [2.05, 4.69) is 16.7 Å². The van der Waals surface area contributed by atoms with Gasteiger partial charge in [-0.25, -0.2) is 14.4 Å². The number of anilines is 1. The van der Waals surface area contributed by atoms with Gasteiger partial charge in [-0.15, -0.1) is 0 Å². The van der Waals surface area contributed by atoms with Gasteiger partial charge in [-0.1, -0.05) is 12.1 Å². The quantitative estimate of drug-likeness (QED) is 0.792. The third kappa shape index (κ3) is 3.63. The molecule has 6 nitrogen and oxygen atoms in total. The number of halogens is 1. The van der Waals surface area contributed by atoms with E-state index in [1.807, 2.05) is 12.1 Å². The van der Waals surface area contributed by atoms with Gasteiger partial charge in [-0.05, 0) is 37.6 Å². The molecule has 1 aromatic heterocycles. The fourth-order valence-corrected chi connectivity index (χ4v) is 4.77. The molecular formula is C22H27FN4O2. The summed E-state index contributed by atoms with van der Waals surface area (Å²) in [6.45, 7) is 9.15. The summed E-state index contributed by atoms with van der Waals surface area (Å²) >= 11 is 0. The molecule has 3 aliphatic heterocycles. The van der Waals surface area contributed by atoms with Crippen molar-refractivity contribution >= 4 is 5.95 Å². The molecule has 1 spiro atoms. The molecule has 2 fully saturated rings. The van der Waals surface area contributed by atoms with Gasteiger partial charge >= 0.3 is 0 Å². The Bertz CT molecular complexity index is 885. The molecule has 0 radical (unpaired) electrons. The number of benzene rings is 1. The van der Waals surface area contributed by atoms with Crippen LogP contribution in [0.2, 0.25) is 0 Å². The Kier molecular flexibility index (Phi) is 4.97. The van der Waals surface area contributed by atoms with E-state index in [9.17, 15) is 4.39 Å². The number of ether oxygens (including phenoxy) is 2. The summed E-state index contributed by atoms with van der Waals surface area (Å²) in [6, 6.07) is 6.81. The van der Waals surface area contributed by atoms with Crippen LogP contribution in [0.5, 0.6) is 0 Å². The highest BCUT2D eigenvalue weighted by atomic mass is 19.1. The van der Waals surface area contributed by atoms with Gasteiger partial charge in [0.2, 0.25) is 5.95 Å². The number of rotatable bonds is 3. The number of aryl methyl sites for hydroxylation is 1. The molecule has 2 saturated heterocycles. The van der Waals surface area contributed by atoms with Crippen molar-refractivity contribution in [2.24, 2.45) is 0 Å². The Morgan fingerprint density at radius 2 is 1.86 bits per heavy atom. The number of hydrogen-bond acceptors (Lipinski definition) is 6. The van der Waals surface area contributed by atoms with Crippen molar-refractivity contribution < 1.29 is 13.9 Å². The highest BCUT2D eigenvalue weighted by Crippen LogP contribution is 2.41. The number of fused-ring (bicyclic) bond motifs is 2. The Hall–Kier alpha value is -2.09. The second kappa shape index (κ2) is 7.63. The van der Waals surface area contributed by atoms with Gasteiger partial charge in [0, 0.05) is 37.4 Å². The zero-order valence-electron chi connectivity index (χ0n) is 16.9. The lowest BCUT2D eigenvalue weighted by Gasteiger charge is -2.36. The summed E-state index contributed by atoms with van der Waals surface area (Å²) in [5.41, 5.74) is 4.37. The van der Waals surface area contributed by atoms with Gasteiger partial charge in [-0.3, -0.25) is 4.90 Å². The zero-order valence-corrected chi connectivity index (χ0v) is 16.9. The Morgan fingerprint density at radius 3 is 2.66 bits per heavy atom. The van der Waals surface area contributed by atoms with E-state index in [4.69, 9.17) is 19.4 Å². The predicted molar refractivity (Wildman–Crippen MR) is 107 cm³/mol. The van der Waals surface area contributed by atoms with Crippen LogP contribution in [0.3, 0.4) is 0 Å². The minimum Gasteiger partial charge on any atom is -0.378 e. The highest BCUT2D eigenvalue weighted by molar-refractivity contribution is 5.42. The normalized spacial score (nSPS) is 24.8. The van der Waals surface area contributed by atoms with Gasteiger partial charge < -0.3 is 14.4 Å². The molecule has 3 aliphatic rings. The third-order valence-electron chi connectivity index (χ3n) is 6.38. The first-order valence-corrected chi connectivity index (χ1v) is 10.4. The van der Waals surface area contributed by atoms with E-state index >= 15 is 0 Å². The molecule has 5 rings (SSSR count). The molecule has 154 valence electrons. The summed E-state index contributed by atoms with van der Waals surface area (Å²) in [5, 5.41) is 0. The van der Waals surface area contributed by atoms with E-state index in [-0.39, 0.29) is 11.2 Å².